The maximum absolute atomic E-state index is 12.8. The quantitative estimate of drug-likeness (QED) is 0.853. The lowest BCUT2D eigenvalue weighted by Crippen LogP contribution is -2.42. The molecule has 1 aliphatic heterocycles. The van der Waals surface area contributed by atoms with Gasteiger partial charge < -0.3 is 15.5 Å². The van der Waals surface area contributed by atoms with Crippen LogP contribution in [0.4, 0.5) is 30.2 Å². The molecule has 5 nitrogen and oxygen atoms in total. The maximum atomic E-state index is 12.8. The van der Waals surface area contributed by atoms with Crippen LogP contribution in [0.2, 0.25) is 0 Å². The molecule has 0 spiro atoms. The van der Waals surface area contributed by atoms with E-state index in [0.29, 0.717) is 11.4 Å². The molecule has 0 radical (unpaired) electrons. The van der Waals surface area contributed by atoms with Gasteiger partial charge in [-0.3, -0.25) is 9.59 Å². The SMILES string of the molecule is C[C@H]1CC(=O)Nc2ccccc2N1C(=O)CNc1cccc(C(F)(F)F)c1. The van der Waals surface area contributed by atoms with Crippen molar-refractivity contribution in [2.45, 2.75) is 25.6 Å². The molecular weight excluding hydrogens is 359 g/mol. The average Bonchev–Trinajstić information content (AvgIpc) is 2.73. The van der Waals surface area contributed by atoms with Crippen LogP contribution in [0.3, 0.4) is 0 Å². The Morgan fingerprint density at radius 3 is 2.70 bits per heavy atom. The molecule has 1 atom stereocenters. The Labute approximate surface area is 154 Å². The van der Waals surface area contributed by atoms with Crippen LogP contribution in [0.15, 0.2) is 48.5 Å². The van der Waals surface area contributed by atoms with Crippen LogP contribution in [-0.2, 0) is 15.8 Å². The maximum Gasteiger partial charge on any atom is 0.416 e. The molecule has 1 aliphatic rings. The molecule has 0 saturated carbocycles. The van der Waals surface area contributed by atoms with E-state index in [9.17, 15) is 22.8 Å². The molecule has 2 amide bonds. The fourth-order valence-corrected chi connectivity index (χ4v) is 3.04. The number of hydrogen-bond acceptors (Lipinski definition) is 3. The summed E-state index contributed by atoms with van der Waals surface area (Å²) in [6.07, 6.45) is -4.32. The summed E-state index contributed by atoms with van der Waals surface area (Å²) in [6, 6.07) is 11.2. The number of nitrogens with zero attached hydrogens (tertiary/aromatic N) is 1. The van der Waals surface area contributed by atoms with Crippen molar-refractivity contribution in [3.05, 3.63) is 54.1 Å². The fraction of sp³-hybridized carbons (Fsp3) is 0.263. The zero-order valence-electron chi connectivity index (χ0n) is 14.5. The molecule has 0 aliphatic carbocycles. The molecule has 0 unspecified atom stereocenters. The van der Waals surface area contributed by atoms with Crippen LogP contribution in [0, 0.1) is 0 Å². The van der Waals surface area contributed by atoms with E-state index in [1.54, 1.807) is 31.2 Å². The molecular formula is C19H18F3N3O2. The highest BCUT2D eigenvalue weighted by molar-refractivity contribution is 6.05. The van der Waals surface area contributed by atoms with Gasteiger partial charge in [-0.05, 0) is 37.3 Å². The lowest BCUT2D eigenvalue weighted by Gasteiger charge is -2.28. The second-order valence-corrected chi connectivity index (χ2v) is 6.31. The summed E-state index contributed by atoms with van der Waals surface area (Å²) >= 11 is 0. The van der Waals surface area contributed by atoms with Crippen LogP contribution in [-0.4, -0.2) is 24.4 Å². The number of hydrogen-bond donors (Lipinski definition) is 2. The molecule has 142 valence electrons. The van der Waals surface area contributed by atoms with Gasteiger partial charge >= 0.3 is 6.18 Å². The van der Waals surface area contributed by atoms with E-state index in [-0.39, 0.29) is 36.5 Å². The molecule has 0 saturated heterocycles. The molecule has 0 fully saturated rings. The number of para-hydroxylation sites is 2. The summed E-state index contributed by atoms with van der Waals surface area (Å²) in [5.74, 6) is -0.542. The van der Waals surface area contributed by atoms with Gasteiger partial charge in [-0.2, -0.15) is 13.2 Å². The molecule has 2 aromatic carbocycles. The van der Waals surface area contributed by atoms with Crippen LogP contribution in [0.1, 0.15) is 18.9 Å². The molecule has 0 aromatic heterocycles. The van der Waals surface area contributed by atoms with E-state index in [4.69, 9.17) is 0 Å². The topological polar surface area (TPSA) is 61.4 Å². The summed E-state index contributed by atoms with van der Waals surface area (Å²) in [5.41, 5.74) is 0.498. The third-order valence-electron chi connectivity index (χ3n) is 4.26. The number of carbonyl (C=O) groups excluding carboxylic acids is 2. The summed E-state index contributed by atoms with van der Waals surface area (Å²) < 4.78 is 38.4. The summed E-state index contributed by atoms with van der Waals surface area (Å²) in [4.78, 5) is 26.2. The Bertz CT molecular complexity index is 867. The lowest BCUT2D eigenvalue weighted by atomic mass is 10.1. The number of rotatable bonds is 3. The number of alkyl halides is 3. The minimum atomic E-state index is -4.45. The Hall–Kier alpha value is -3.03. The first-order chi connectivity index (χ1) is 12.8. The lowest BCUT2D eigenvalue weighted by molar-refractivity contribution is -0.137. The Morgan fingerprint density at radius 2 is 1.96 bits per heavy atom. The van der Waals surface area contributed by atoms with Crippen molar-refractivity contribution in [1.82, 2.24) is 0 Å². The highest BCUT2D eigenvalue weighted by Crippen LogP contribution is 2.32. The molecule has 2 N–H and O–H groups in total. The van der Waals surface area contributed by atoms with E-state index >= 15 is 0 Å². The monoisotopic (exact) mass is 377 g/mol. The second-order valence-electron chi connectivity index (χ2n) is 6.31. The van der Waals surface area contributed by atoms with Gasteiger partial charge in [0.2, 0.25) is 11.8 Å². The number of carbonyl (C=O) groups is 2. The van der Waals surface area contributed by atoms with Crippen LogP contribution in [0.25, 0.3) is 0 Å². The van der Waals surface area contributed by atoms with Gasteiger partial charge in [-0.25, -0.2) is 0 Å². The van der Waals surface area contributed by atoms with Crippen molar-refractivity contribution in [2.75, 3.05) is 22.1 Å². The van der Waals surface area contributed by atoms with Crippen molar-refractivity contribution in [3.63, 3.8) is 0 Å². The van der Waals surface area contributed by atoms with Crippen molar-refractivity contribution < 1.29 is 22.8 Å². The van der Waals surface area contributed by atoms with Gasteiger partial charge in [-0.1, -0.05) is 18.2 Å². The van der Waals surface area contributed by atoms with E-state index in [1.165, 1.54) is 17.0 Å². The fourth-order valence-electron chi connectivity index (χ4n) is 3.04. The van der Waals surface area contributed by atoms with Crippen LogP contribution < -0.4 is 15.5 Å². The van der Waals surface area contributed by atoms with E-state index < -0.39 is 11.7 Å². The summed E-state index contributed by atoms with van der Waals surface area (Å²) in [5, 5.41) is 5.50. The van der Waals surface area contributed by atoms with Crippen molar-refractivity contribution in [1.29, 1.82) is 0 Å². The first kappa shape index (κ1) is 18.8. The summed E-state index contributed by atoms with van der Waals surface area (Å²) in [6.45, 7) is 1.55. The summed E-state index contributed by atoms with van der Waals surface area (Å²) in [7, 11) is 0. The van der Waals surface area contributed by atoms with Gasteiger partial charge in [0, 0.05) is 18.2 Å². The predicted octanol–water partition coefficient (Wildman–Crippen LogP) is 3.88. The molecule has 0 bridgehead atoms. The first-order valence-corrected chi connectivity index (χ1v) is 8.38. The van der Waals surface area contributed by atoms with Crippen LogP contribution in [0.5, 0.6) is 0 Å². The highest BCUT2D eigenvalue weighted by atomic mass is 19.4. The van der Waals surface area contributed by atoms with Gasteiger partial charge in [0.05, 0.1) is 23.5 Å². The number of fused-ring (bicyclic) bond motifs is 1. The largest absolute Gasteiger partial charge is 0.416 e. The number of benzene rings is 2. The third kappa shape index (κ3) is 4.21. The minimum Gasteiger partial charge on any atom is -0.376 e. The van der Waals surface area contributed by atoms with Gasteiger partial charge in [-0.15, -0.1) is 0 Å². The Morgan fingerprint density at radius 1 is 1.22 bits per heavy atom. The van der Waals surface area contributed by atoms with Crippen molar-refractivity contribution in [2.24, 2.45) is 0 Å². The van der Waals surface area contributed by atoms with Crippen molar-refractivity contribution in [3.8, 4) is 0 Å². The van der Waals surface area contributed by atoms with Gasteiger partial charge in [0.25, 0.3) is 0 Å². The number of amides is 2. The zero-order valence-corrected chi connectivity index (χ0v) is 14.5. The minimum absolute atomic E-state index is 0.129. The van der Waals surface area contributed by atoms with E-state index in [1.807, 2.05) is 0 Å². The predicted molar refractivity (Wildman–Crippen MR) is 96.6 cm³/mol. The Balaban J connectivity index is 1.79. The molecule has 2 aromatic rings. The number of anilines is 3. The van der Waals surface area contributed by atoms with Crippen LogP contribution >= 0.6 is 0 Å². The number of nitrogens with one attached hydrogen (secondary N) is 2. The van der Waals surface area contributed by atoms with Gasteiger partial charge in [0.15, 0.2) is 0 Å². The average molecular weight is 377 g/mol. The first-order valence-electron chi connectivity index (χ1n) is 8.38. The molecule has 3 rings (SSSR count). The molecule has 1 heterocycles. The standard InChI is InChI=1S/C19H18F3N3O2/c1-12-9-17(26)24-15-7-2-3-8-16(15)25(12)18(27)11-23-14-6-4-5-13(10-14)19(20,21)22/h2-8,10,12,23H,9,11H2,1H3,(H,24,26)/t12-/m0/s1. The normalized spacial score (nSPS) is 17.0. The second kappa shape index (κ2) is 7.30. The zero-order chi connectivity index (χ0) is 19.6. The third-order valence-corrected chi connectivity index (χ3v) is 4.26. The number of halogens is 3. The van der Waals surface area contributed by atoms with E-state index in [0.717, 1.165) is 12.1 Å². The van der Waals surface area contributed by atoms with Gasteiger partial charge in [0.1, 0.15) is 0 Å². The Kier molecular flexibility index (Phi) is 5.07. The molecule has 27 heavy (non-hydrogen) atoms. The molecule has 8 heteroatoms. The van der Waals surface area contributed by atoms with Crippen molar-refractivity contribution >= 4 is 28.9 Å². The van der Waals surface area contributed by atoms with E-state index in [2.05, 4.69) is 10.6 Å². The highest BCUT2D eigenvalue weighted by Gasteiger charge is 2.31. The smallest absolute Gasteiger partial charge is 0.376 e.